The number of benzene rings is 1. The van der Waals surface area contributed by atoms with Gasteiger partial charge in [0.25, 0.3) is 0 Å². The van der Waals surface area contributed by atoms with Gasteiger partial charge in [-0.1, -0.05) is 35.9 Å². The Morgan fingerprint density at radius 2 is 1.95 bits per heavy atom. The number of rotatable bonds is 1. The predicted molar refractivity (Wildman–Crippen MR) is 76.1 cm³/mol. The lowest BCUT2D eigenvalue weighted by molar-refractivity contribution is 0.00410. The van der Waals surface area contributed by atoms with E-state index in [0.717, 1.165) is 32.2 Å². The van der Waals surface area contributed by atoms with Crippen LogP contribution in [0.1, 0.15) is 30.0 Å². The fourth-order valence-corrected chi connectivity index (χ4v) is 4.08. The number of morpholine rings is 1. The van der Waals surface area contributed by atoms with Crippen molar-refractivity contribution in [2.45, 2.75) is 25.3 Å². The van der Waals surface area contributed by atoms with Gasteiger partial charge in [0, 0.05) is 25.0 Å². The first-order valence-electron chi connectivity index (χ1n) is 7.52. The van der Waals surface area contributed by atoms with Gasteiger partial charge in [-0.15, -0.1) is 0 Å². The summed E-state index contributed by atoms with van der Waals surface area (Å²) >= 11 is 0. The number of fused-ring (bicyclic) bond motifs is 2. The largest absolute Gasteiger partial charge is 0.379 e. The molecule has 0 amide bonds. The minimum absolute atomic E-state index is 0.600. The zero-order valence-corrected chi connectivity index (χ0v) is 11.3. The second-order valence-corrected chi connectivity index (χ2v) is 5.93. The summed E-state index contributed by atoms with van der Waals surface area (Å²) in [5.41, 5.74) is 4.81. The average Bonchev–Trinajstić information content (AvgIpc) is 2.93. The SMILES string of the molecule is C1=C2Cc3ccccc3[C@@H](N3CCOCC3)[C@@H]2CC1. The fourth-order valence-electron chi connectivity index (χ4n) is 4.08. The summed E-state index contributed by atoms with van der Waals surface area (Å²) in [7, 11) is 0. The quantitative estimate of drug-likeness (QED) is 0.715. The lowest BCUT2D eigenvalue weighted by atomic mass is 9.76. The van der Waals surface area contributed by atoms with E-state index in [1.165, 1.54) is 19.3 Å². The third-order valence-corrected chi connectivity index (χ3v) is 4.95. The van der Waals surface area contributed by atoms with Gasteiger partial charge in [0.1, 0.15) is 0 Å². The monoisotopic (exact) mass is 255 g/mol. The van der Waals surface area contributed by atoms with Crippen molar-refractivity contribution in [1.82, 2.24) is 4.90 Å². The van der Waals surface area contributed by atoms with Gasteiger partial charge in [-0.25, -0.2) is 0 Å². The van der Waals surface area contributed by atoms with Crippen molar-refractivity contribution in [2.75, 3.05) is 26.3 Å². The van der Waals surface area contributed by atoms with Crippen LogP contribution in [0.25, 0.3) is 0 Å². The van der Waals surface area contributed by atoms with E-state index >= 15 is 0 Å². The van der Waals surface area contributed by atoms with Crippen LogP contribution in [0.4, 0.5) is 0 Å². The molecule has 0 N–H and O–H groups in total. The van der Waals surface area contributed by atoms with Crippen LogP contribution in [0.5, 0.6) is 0 Å². The van der Waals surface area contributed by atoms with Crippen LogP contribution < -0.4 is 0 Å². The smallest absolute Gasteiger partial charge is 0.0594 e. The molecule has 19 heavy (non-hydrogen) atoms. The number of hydrogen-bond donors (Lipinski definition) is 0. The van der Waals surface area contributed by atoms with Crippen molar-refractivity contribution < 1.29 is 4.74 Å². The van der Waals surface area contributed by atoms with E-state index in [9.17, 15) is 0 Å². The van der Waals surface area contributed by atoms with Crippen LogP contribution in [0.15, 0.2) is 35.9 Å². The first-order valence-corrected chi connectivity index (χ1v) is 7.52. The molecule has 2 atom stereocenters. The van der Waals surface area contributed by atoms with E-state index in [1.54, 1.807) is 16.7 Å². The Labute approximate surface area is 115 Å². The van der Waals surface area contributed by atoms with Gasteiger partial charge >= 0.3 is 0 Å². The highest BCUT2D eigenvalue weighted by atomic mass is 16.5. The molecule has 0 bridgehead atoms. The number of hydrogen-bond acceptors (Lipinski definition) is 2. The molecule has 0 aromatic heterocycles. The third kappa shape index (κ3) is 1.94. The van der Waals surface area contributed by atoms with Gasteiger partial charge in [-0.05, 0) is 30.4 Å². The highest BCUT2D eigenvalue weighted by Gasteiger charge is 2.38. The predicted octanol–water partition coefficient (Wildman–Crippen LogP) is 2.95. The molecular formula is C17H21NO. The molecule has 0 spiro atoms. The molecule has 1 aromatic carbocycles. The molecule has 1 aliphatic heterocycles. The second-order valence-electron chi connectivity index (χ2n) is 5.93. The minimum Gasteiger partial charge on any atom is -0.379 e. The molecule has 0 unspecified atom stereocenters. The van der Waals surface area contributed by atoms with Gasteiger partial charge in [-0.3, -0.25) is 4.90 Å². The highest BCUT2D eigenvalue weighted by molar-refractivity contribution is 5.41. The van der Waals surface area contributed by atoms with Crippen LogP contribution in [0.3, 0.4) is 0 Å². The molecule has 1 saturated heterocycles. The number of nitrogens with zero attached hydrogens (tertiary/aromatic N) is 1. The Balaban J connectivity index is 1.75. The molecule has 100 valence electrons. The van der Waals surface area contributed by atoms with Gasteiger partial charge < -0.3 is 4.74 Å². The van der Waals surface area contributed by atoms with Crippen molar-refractivity contribution in [3.8, 4) is 0 Å². The third-order valence-electron chi connectivity index (χ3n) is 4.95. The summed E-state index contributed by atoms with van der Waals surface area (Å²) in [4.78, 5) is 2.66. The first-order chi connectivity index (χ1) is 9.43. The molecule has 4 rings (SSSR count). The summed E-state index contributed by atoms with van der Waals surface area (Å²) in [5.74, 6) is 0.757. The molecule has 3 aliphatic rings. The molecule has 1 aromatic rings. The minimum atomic E-state index is 0.600. The molecule has 1 heterocycles. The van der Waals surface area contributed by atoms with E-state index < -0.39 is 0 Å². The van der Waals surface area contributed by atoms with Crippen molar-refractivity contribution in [1.29, 1.82) is 0 Å². The van der Waals surface area contributed by atoms with Crippen LogP contribution >= 0.6 is 0 Å². The van der Waals surface area contributed by atoms with E-state index in [4.69, 9.17) is 4.74 Å². The zero-order chi connectivity index (χ0) is 12.7. The highest BCUT2D eigenvalue weighted by Crippen LogP contribution is 2.46. The van der Waals surface area contributed by atoms with E-state index in [-0.39, 0.29) is 0 Å². The molecule has 0 radical (unpaired) electrons. The van der Waals surface area contributed by atoms with Gasteiger partial charge in [0.05, 0.1) is 13.2 Å². The Kier molecular flexibility index (Phi) is 2.93. The first kappa shape index (κ1) is 11.7. The summed E-state index contributed by atoms with van der Waals surface area (Å²) in [6, 6.07) is 9.66. The van der Waals surface area contributed by atoms with Crippen LogP contribution in [0, 0.1) is 5.92 Å². The van der Waals surface area contributed by atoms with Crippen LogP contribution in [0.2, 0.25) is 0 Å². The second kappa shape index (κ2) is 4.77. The summed E-state index contributed by atoms with van der Waals surface area (Å²) in [6.07, 6.45) is 6.29. The Bertz CT molecular complexity index is 502. The van der Waals surface area contributed by atoms with Crippen molar-refractivity contribution in [3.05, 3.63) is 47.0 Å². The van der Waals surface area contributed by atoms with Gasteiger partial charge in [0.2, 0.25) is 0 Å². The van der Waals surface area contributed by atoms with Crippen molar-refractivity contribution in [3.63, 3.8) is 0 Å². The molecule has 2 nitrogen and oxygen atoms in total. The van der Waals surface area contributed by atoms with E-state index in [1.807, 2.05) is 0 Å². The Hall–Kier alpha value is -1.12. The molecule has 0 saturated carbocycles. The van der Waals surface area contributed by atoms with Gasteiger partial charge in [0.15, 0.2) is 0 Å². The Morgan fingerprint density at radius 1 is 1.11 bits per heavy atom. The Morgan fingerprint density at radius 3 is 2.84 bits per heavy atom. The van der Waals surface area contributed by atoms with Gasteiger partial charge in [-0.2, -0.15) is 0 Å². The van der Waals surface area contributed by atoms with Crippen LogP contribution in [-0.4, -0.2) is 31.2 Å². The lowest BCUT2D eigenvalue weighted by Crippen LogP contribution is -2.43. The maximum Gasteiger partial charge on any atom is 0.0594 e. The zero-order valence-electron chi connectivity index (χ0n) is 11.3. The fraction of sp³-hybridized carbons (Fsp3) is 0.529. The molecule has 1 fully saturated rings. The van der Waals surface area contributed by atoms with E-state index in [2.05, 4.69) is 35.2 Å². The standard InChI is InChI=1S/C17H21NO/c1-2-6-15-13(4-1)12-14-5-3-7-16(14)17(15)18-8-10-19-11-9-18/h1-2,4-6,16-17H,3,7-12H2/t16-,17-/m1/s1. The lowest BCUT2D eigenvalue weighted by Gasteiger charge is -2.42. The summed E-state index contributed by atoms with van der Waals surface area (Å²) in [6.45, 7) is 3.96. The normalized spacial score (nSPS) is 30.6. The molecule has 2 aliphatic carbocycles. The maximum absolute atomic E-state index is 5.53. The average molecular weight is 255 g/mol. The summed E-state index contributed by atoms with van der Waals surface area (Å²) < 4.78 is 5.53. The maximum atomic E-state index is 5.53. The van der Waals surface area contributed by atoms with Crippen LogP contribution in [-0.2, 0) is 11.2 Å². The van der Waals surface area contributed by atoms with Crippen molar-refractivity contribution in [2.24, 2.45) is 5.92 Å². The number of ether oxygens (including phenoxy) is 1. The topological polar surface area (TPSA) is 12.5 Å². The molecule has 2 heteroatoms. The molecular weight excluding hydrogens is 234 g/mol. The van der Waals surface area contributed by atoms with Crippen molar-refractivity contribution >= 4 is 0 Å². The van der Waals surface area contributed by atoms with E-state index in [0.29, 0.717) is 6.04 Å². The summed E-state index contributed by atoms with van der Waals surface area (Å²) in [5, 5.41) is 0. The number of allylic oxidation sites excluding steroid dienone is 1.